The number of carbonyl (C=O) groups excluding carboxylic acids is 2. The van der Waals surface area contributed by atoms with Crippen molar-refractivity contribution in [2.24, 2.45) is 5.16 Å². The summed E-state index contributed by atoms with van der Waals surface area (Å²) in [7, 11) is 0. The van der Waals surface area contributed by atoms with Crippen LogP contribution in [0.15, 0.2) is 59.8 Å². The van der Waals surface area contributed by atoms with E-state index in [0.717, 1.165) is 5.56 Å². The van der Waals surface area contributed by atoms with Crippen LogP contribution in [-0.4, -0.2) is 41.0 Å². The molecule has 1 heterocycles. The maximum absolute atomic E-state index is 12.7. The maximum atomic E-state index is 12.7. The summed E-state index contributed by atoms with van der Waals surface area (Å²) in [5, 5.41) is 19.3. The SMILES string of the molecule is O=C(N[C@@H](Cc1ccccc1O)C(=O)NCC1CC(Cl)=NO1)OCc1ccccc1. The highest BCUT2D eigenvalue weighted by molar-refractivity contribution is 6.65. The fraction of sp³-hybridized carbons (Fsp3) is 0.286. The van der Waals surface area contributed by atoms with E-state index in [9.17, 15) is 14.7 Å². The van der Waals surface area contributed by atoms with Gasteiger partial charge in [0.25, 0.3) is 0 Å². The van der Waals surface area contributed by atoms with Crippen LogP contribution in [0, 0.1) is 0 Å². The summed E-state index contributed by atoms with van der Waals surface area (Å²) in [5.41, 5.74) is 1.34. The van der Waals surface area contributed by atoms with Crippen LogP contribution in [0.1, 0.15) is 17.5 Å². The third-order valence-corrected chi connectivity index (χ3v) is 4.66. The van der Waals surface area contributed by atoms with Crippen molar-refractivity contribution < 1.29 is 24.3 Å². The number of hydrogen-bond acceptors (Lipinski definition) is 6. The van der Waals surface area contributed by atoms with Crippen molar-refractivity contribution in [3.05, 3.63) is 65.7 Å². The summed E-state index contributed by atoms with van der Waals surface area (Å²) in [6, 6.07) is 14.9. The molecule has 0 saturated carbocycles. The van der Waals surface area contributed by atoms with E-state index >= 15 is 0 Å². The number of nitrogens with one attached hydrogen (secondary N) is 2. The molecule has 1 unspecified atom stereocenters. The molecule has 158 valence electrons. The molecule has 2 aromatic rings. The van der Waals surface area contributed by atoms with Crippen molar-refractivity contribution in [3.63, 3.8) is 0 Å². The quantitative estimate of drug-likeness (QED) is 0.595. The van der Waals surface area contributed by atoms with Gasteiger partial charge in [-0.25, -0.2) is 4.79 Å². The molecule has 9 heteroatoms. The second-order valence-corrected chi connectivity index (χ2v) is 7.17. The maximum Gasteiger partial charge on any atom is 0.408 e. The second-order valence-electron chi connectivity index (χ2n) is 6.74. The van der Waals surface area contributed by atoms with Gasteiger partial charge in [-0.1, -0.05) is 65.3 Å². The molecule has 8 nitrogen and oxygen atoms in total. The molecule has 2 amide bonds. The zero-order valence-corrected chi connectivity index (χ0v) is 16.8. The predicted molar refractivity (Wildman–Crippen MR) is 111 cm³/mol. The summed E-state index contributed by atoms with van der Waals surface area (Å²) >= 11 is 5.77. The Balaban J connectivity index is 1.60. The Morgan fingerprint density at radius 1 is 1.20 bits per heavy atom. The number of carbonyl (C=O) groups is 2. The molecule has 3 N–H and O–H groups in total. The van der Waals surface area contributed by atoms with E-state index in [1.54, 1.807) is 18.2 Å². The Kier molecular flexibility index (Phi) is 7.51. The monoisotopic (exact) mass is 431 g/mol. The smallest absolute Gasteiger partial charge is 0.408 e. The molecule has 0 bridgehead atoms. The molecule has 0 aromatic heterocycles. The zero-order chi connectivity index (χ0) is 21.3. The first-order chi connectivity index (χ1) is 14.5. The minimum absolute atomic E-state index is 0.0362. The standard InChI is InChI=1S/C21H22ClN3O5/c22-19-11-16(30-25-19)12-23-20(27)17(10-15-8-4-5-9-18(15)26)24-21(28)29-13-14-6-2-1-3-7-14/h1-9,16-17,26H,10-13H2,(H,23,27)(H,24,28)/t16?,17-/m0/s1. The van der Waals surface area contributed by atoms with Gasteiger partial charge < -0.3 is 25.3 Å². The van der Waals surface area contributed by atoms with E-state index in [-0.39, 0.29) is 31.4 Å². The van der Waals surface area contributed by atoms with Gasteiger partial charge in [0, 0.05) is 12.8 Å². The molecule has 0 saturated heterocycles. The summed E-state index contributed by atoms with van der Waals surface area (Å²) in [4.78, 5) is 30.1. The van der Waals surface area contributed by atoms with Crippen molar-refractivity contribution in [1.29, 1.82) is 0 Å². The number of oxime groups is 1. The minimum Gasteiger partial charge on any atom is -0.508 e. The van der Waals surface area contributed by atoms with Crippen molar-refractivity contribution >= 4 is 28.8 Å². The fourth-order valence-corrected chi connectivity index (χ4v) is 3.07. The van der Waals surface area contributed by atoms with Crippen LogP contribution in [0.4, 0.5) is 4.79 Å². The normalized spacial score (nSPS) is 16.2. The van der Waals surface area contributed by atoms with Gasteiger partial charge in [0.2, 0.25) is 5.91 Å². The molecular weight excluding hydrogens is 410 g/mol. The van der Waals surface area contributed by atoms with Crippen molar-refractivity contribution in [2.75, 3.05) is 6.54 Å². The number of alkyl carbamates (subject to hydrolysis) is 1. The van der Waals surface area contributed by atoms with E-state index in [4.69, 9.17) is 21.2 Å². The third-order valence-electron chi connectivity index (χ3n) is 4.44. The average molecular weight is 432 g/mol. The number of para-hydroxylation sites is 1. The lowest BCUT2D eigenvalue weighted by molar-refractivity contribution is -0.123. The van der Waals surface area contributed by atoms with Crippen molar-refractivity contribution in [1.82, 2.24) is 10.6 Å². The van der Waals surface area contributed by atoms with E-state index in [1.807, 2.05) is 30.3 Å². The number of hydrogen-bond donors (Lipinski definition) is 3. The van der Waals surface area contributed by atoms with Gasteiger partial charge in [0.15, 0.2) is 6.10 Å². The highest BCUT2D eigenvalue weighted by Gasteiger charge is 2.26. The first kappa shape index (κ1) is 21.4. The number of phenols is 1. The van der Waals surface area contributed by atoms with E-state index in [2.05, 4.69) is 15.8 Å². The first-order valence-electron chi connectivity index (χ1n) is 9.41. The van der Waals surface area contributed by atoms with Crippen LogP contribution in [0.2, 0.25) is 0 Å². The number of benzene rings is 2. The van der Waals surface area contributed by atoms with Gasteiger partial charge in [-0.05, 0) is 17.2 Å². The van der Waals surface area contributed by atoms with E-state index in [0.29, 0.717) is 17.2 Å². The van der Waals surface area contributed by atoms with Crippen LogP contribution >= 0.6 is 11.6 Å². The Bertz CT molecular complexity index is 907. The molecule has 0 radical (unpaired) electrons. The lowest BCUT2D eigenvalue weighted by Gasteiger charge is -2.20. The Morgan fingerprint density at radius 3 is 2.63 bits per heavy atom. The third kappa shape index (κ3) is 6.38. The van der Waals surface area contributed by atoms with E-state index in [1.165, 1.54) is 6.07 Å². The minimum atomic E-state index is -0.959. The number of ether oxygens (including phenoxy) is 1. The number of aromatic hydroxyl groups is 1. The summed E-state index contributed by atoms with van der Waals surface area (Å²) in [5.74, 6) is -0.407. The molecule has 30 heavy (non-hydrogen) atoms. The Labute approximate surface area is 178 Å². The summed E-state index contributed by atoms with van der Waals surface area (Å²) < 4.78 is 5.22. The Morgan fingerprint density at radius 2 is 1.93 bits per heavy atom. The van der Waals surface area contributed by atoms with Crippen LogP contribution in [0.5, 0.6) is 5.75 Å². The highest BCUT2D eigenvalue weighted by Crippen LogP contribution is 2.18. The first-order valence-corrected chi connectivity index (χ1v) is 9.79. The number of rotatable bonds is 8. The molecule has 3 rings (SSSR count). The van der Waals surface area contributed by atoms with Gasteiger partial charge in [0.1, 0.15) is 23.6 Å². The molecule has 1 aliphatic rings. The van der Waals surface area contributed by atoms with Gasteiger partial charge in [0.05, 0.1) is 6.54 Å². The van der Waals surface area contributed by atoms with Crippen LogP contribution in [-0.2, 0) is 27.4 Å². The molecule has 0 fully saturated rings. The number of phenolic OH excluding ortho intramolecular Hbond substituents is 1. The van der Waals surface area contributed by atoms with E-state index < -0.39 is 18.0 Å². The lowest BCUT2D eigenvalue weighted by Crippen LogP contribution is -2.49. The van der Waals surface area contributed by atoms with Crippen molar-refractivity contribution in [2.45, 2.75) is 31.6 Å². The zero-order valence-electron chi connectivity index (χ0n) is 16.1. The molecule has 2 atom stereocenters. The average Bonchev–Trinajstić information content (AvgIpc) is 3.17. The highest BCUT2D eigenvalue weighted by atomic mass is 35.5. The van der Waals surface area contributed by atoms with Gasteiger partial charge in [-0.3, -0.25) is 4.79 Å². The molecule has 0 aliphatic carbocycles. The summed E-state index contributed by atoms with van der Waals surface area (Å²) in [6.07, 6.45) is -0.615. The van der Waals surface area contributed by atoms with Crippen LogP contribution in [0.3, 0.4) is 0 Å². The van der Waals surface area contributed by atoms with Gasteiger partial charge in [-0.15, -0.1) is 0 Å². The van der Waals surface area contributed by atoms with Crippen molar-refractivity contribution in [3.8, 4) is 5.75 Å². The largest absolute Gasteiger partial charge is 0.508 e. The van der Waals surface area contributed by atoms with Gasteiger partial charge in [-0.2, -0.15) is 0 Å². The lowest BCUT2D eigenvalue weighted by atomic mass is 10.0. The molecular formula is C21H22ClN3O5. The second kappa shape index (κ2) is 10.5. The number of halogens is 1. The topological polar surface area (TPSA) is 109 Å². The predicted octanol–water partition coefficient (Wildman–Crippen LogP) is 2.69. The number of nitrogens with zero attached hydrogens (tertiary/aromatic N) is 1. The number of amides is 2. The van der Waals surface area contributed by atoms with Gasteiger partial charge >= 0.3 is 6.09 Å². The van der Waals surface area contributed by atoms with Crippen LogP contribution in [0.25, 0.3) is 0 Å². The molecule has 0 spiro atoms. The molecule has 1 aliphatic heterocycles. The summed E-state index contributed by atoms with van der Waals surface area (Å²) in [6.45, 7) is 0.250. The fourth-order valence-electron chi connectivity index (χ4n) is 2.86. The molecule has 2 aromatic carbocycles. The Hall–Kier alpha value is -3.26. The van der Waals surface area contributed by atoms with Crippen LogP contribution < -0.4 is 10.6 Å².